The molecule has 0 unspecified atom stereocenters. The summed E-state index contributed by atoms with van der Waals surface area (Å²) in [4.78, 5) is 0. The highest BCUT2D eigenvalue weighted by Gasteiger charge is 2.60. The van der Waals surface area contributed by atoms with Gasteiger partial charge in [-0.25, -0.2) is 0 Å². The molecule has 0 aliphatic heterocycles. The smallest absolute Gasteiger partial charge is 0.174 e. The molecule has 1 aromatic rings. The van der Waals surface area contributed by atoms with E-state index in [4.69, 9.17) is 4.74 Å². The van der Waals surface area contributed by atoms with Crippen LogP contribution in [0.15, 0.2) is 30.3 Å². The maximum Gasteiger partial charge on any atom is 0.174 e. The number of aliphatic hydroxyl groups is 2. The van der Waals surface area contributed by atoms with Crippen molar-refractivity contribution in [2.45, 2.75) is 75.3 Å². The van der Waals surface area contributed by atoms with E-state index in [1.807, 2.05) is 6.07 Å². The maximum absolute atomic E-state index is 11.4. The molecule has 136 valence electrons. The van der Waals surface area contributed by atoms with Gasteiger partial charge in [0.2, 0.25) is 0 Å². The van der Waals surface area contributed by atoms with Gasteiger partial charge in [-0.1, -0.05) is 30.3 Å². The van der Waals surface area contributed by atoms with Crippen molar-refractivity contribution in [3.05, 3.63) is 35.9 Å². The van der Waals surface area contributed by atoms with E-state index in [-0.39, 0.29) is 11.8 Å². The van der Waals surface area contributed by atoms with Crippen LogP contribution in [0.2, 0.25) is 0 Å². The molecule has 3 nitrogen and oxygen atoms in total. The van der Waals surface area contributed by atoms with Crippen LogP contribution in [0.3, 0.4) is 0 Å². The number of hydrogen-bond donors (Lipinski definition) is 2. The summed E-state index contributed by atoms with van der Waals surface area (Å²) in [5.74, 6) is 0.319. The molecule has 0 radical (unpaired) electrons. The fraction of sp³-hybridized carbons (Fsp3) is 0.727. The van der Waals surface area contributed by atoms with Gasteiger partial charge in [-0.2, -0.15) is 0 Å². The van der Waals surface area contributed by atoms with E-state index in [0.717, 1.165) is 50.4 Å². The Bertz CT molecular complexity index is 589. The van der Waals surface area contributed by atoms with Crippen molar-refractivity contribution in [3.8, 4) is 0 Å². The first-order chi connectivity index (χ1) is 12.0. The van der Waals surface area contributed by atoms with Crippen LogP contribution in [0.4, 0.5) is 0 Å². The second kappa shape index (κ2) is 5.80. The molecule has 0 saturated heterocycles. The third-order valence-electron chi connectivity index (χ3n) is 7.70. The minimum atomic E-state index is -1.14. The van der Waals surface area contributed by atoms with E-state index >= 15 is 0 Å². The standard InChI is InChI=1S/C22H30O3/c23-21(8-6-18(7-9-21)17-4-2-1-3-5-17)25-22(24)19-11-15-10-16(13-19)14-20(22)12-15/h1-5,15-16,18-20,23-24H,6-14H2. The molecule has 0 atom stereocenters. The van der Waals surface area contributed by atoms with Crippen LogP contribution in [-0.2, 0) is 4.74 Å². The molecule has 0 spiro atoms. The van der Waals surface area contributed by atoms with Crippen LogP contribution in [-0.4, -0.2) is 21.8 Å². The zero-order valence-corrected chi connectivity index (χ0v) is 14.9. The van der Waals surface area contributed by atoms with Crippen molar-refractivity contribution >= 4 is 0 Å². The normalized spacial score (nSPS) is 48.6. The second-order valence-electron chi connectivity index (χ2n) is 9.29. The van der Waals surface area contributed by atoms with Gasteiger partial charge in [-0.15, -0.1) is 0 Å². The van der Waals surface area contributed by atoms with Gasteiger partial charge >= 0.3 is 0 Å². The van der Waals surface area contributed by atoms with Gasteiger partial charge in [0.15, 0.2) is 11.6 Å². The summed E-state index contributed by atoms with van der Waals surface area (Å²) in [6.07, 6.45) is 8.82. The summed E-state index contributed by atoms with van der Waals surface area (Å²) in [5.41, 5.74) is 1.36. The predicted molar refractivity (Wildman–Crippen MR) is 95.7 cm³/mol. The average molecular weight is 342 g/mol. The Morgan fingerprint density at radius 2 is 1.36 bits per heavy atom. The SMILES string of the molecule is OC1(OC2(O)C3CC4CC(C3)CC2C4)CCC(c2ccccc2)CC1. The topological polar surface area (TPSA) is 49.7 Å². The van der Waals surface area contributed by atoms with Crippen molar-refractivity contribution in [1.29, 1.82) is 0 Å². The first-order valence-electron chi connectivity index (χ1n) is 10.2. The first-order valence-corrected chi connectivity index (χ1v) is 10.2. The van der Waals surface area contributed by atoms with E-state index < -0.39 is 11.6 Å². The summed E-state index contributed by atoms with van der Waals surface area (Å²) >= 11 is 0. The van der Waals surface area contributed by atoms with Crippen molar-refractivity contribution in [1.82, 2.24) is 0 Å². The number of benzene rings is 1. The summed E-state index contributed by atoms with van der Waals surface area (Å²) in [6.45, 7) is 0. The van der Waals surface area contributed by atoms with Gasteiger partial charge in [0.1, 0.15) is 0 Å². The van der Waals surface area contributed by atoms with Crippen LogP contribution in [0.1, 0.15) is 69.3 Å². The number of hydrogen-bond acceptors (Lipinski definition) is 3. The summed E-state index contributed by atoms with van der Waals surface area (Å²) in [5, 5.41) is 22.5. The van der Waals surface area contributed by atoms with Gasteiger partial charge in [-0.05, 0) is 68.3 Å². The number of ether oxygens (including phenoxy) is 1. The minimum absolute atomic E-state index is 0.236. The van der Waals surface area contributed by atoms with Gasteiger partial charge in [-0.3, -0.25) is 0 Å². The molecule has 2 N–H and O–H groups in total. The lowest BCUT2D eigenvalue weighted by Crippen LogP contribution is -2.62. The molecule has 5 fully saturated rings. The summed E-state index contributed by atoms with van der Waals surface area (Å²) in [6, 6.07) is 10.6. The quantitative estimate of drug-likeness (QED) is 0.810. The number of rotatable bonds is 3. The van der Waals surface area contributed by atoms with Crippen molar-refractivity contribution in [3.63, 3.8) is 0 Å². The van der Waals surface area contributed by atoms with Crippen LogP contribution in [0.5, 0.6) is 0 Å². The lowest BCUT2D eigenvalue weighted by Gasteiger charge is -2.59. The third-order valence-corrected chi connectivity index (χ3v) is 7.70. The Hall–Kier alpha value is -0.900. The molecule has 6 rings (SSSR count). The molecule has 5 saturated carbocycles. The largest absolute Gasteiger partial charge is 0.365 e. The van der Waals surface area contributed by atoms with Gasteiger partial charge in [0.25, 0.3) is 0 Å². The van der Waals surface area contributed by atoms with Crippen LogP contribution >= 0.6 is 0 Å². The molecule has 0 heterocycles. The second-order valence-corrected chi connectivity index (χ2v) is 9.29. The van der Waals surface area contributed by atoms with Crippen LogP contribution in [0, 0.1) is 23.7 Å². The zero-order valence-electron chi connectivity index (χ0n) is 14.9. The Labute approximate surface area is 150 Å². The summed E-state index contributed by atoms with van der Waals surface area (Å²) in [7, 11) is 0. The summed E-state index contributed by atoms with van der Waals surface area (Å²) < 4.78 is 6.24. The monoisotopic (exact) mass is 342 g/mol. The highest BCUT2D eigenvalue weighted by Crippen LogP contribution is 2.60. The third kappa shape index (κ3) is 2.75. The predicted octanol–water partition coefficient (Wildman–Crippen LogP) is 4.19. The van der Waals surface area contributed by atoms with Crippen LogP contribution in [0.25, 0.3) is 0 Å². The van der Waals surface area contributed by atoms with Gasteiger partial charge in [0.05, 0.1) is 0 Å². The first kappa shape index (κ1) is 16.3. The lowest BCUT2D eigenvalue weighted by molar-refractivity contribution is -0.400. The van der Waals surface area contributed by atoms with Crippen molar-refractivity contribution < 1.29 is 14.9 Å². The molecule has 3 heteroatoms. The molecule has 1 aromatic carbocycles. The maximum atomic E-state index is 11.4. The Balaban J connectivity index is 1.28. The Morgan fingerprint density at radius 1 is 0.800 bits per heavy atom. The van der Waals surface area contributed by atoms with E-state index in [2.05, 4.69) is 24.3 Å². The zero-order chi connectivity index (χ0) is 17.1. The minimum Gasteiger partial charge on any atom is -0.365 e. The van der Waals surface area contributed by atoms with Gasteiger partial charge in [0, 0.05) is 24.7 Å². The lowest BCUT2D eigenvalue weighted by atomic mass is 9.53. The van der Waals surface area contributed by atoms with Crippen molar-refractivity contribution in [2.24, 2.45) is 23.7 Å². The fourth-order valence-corrected chi connectivity index (χ4v) is 6.56. The Morgan fingerprint density at radius 3 is 1.92 bits per heavy atom. The molecular formula is C22H30O3. The van der Waals surface area contributed by atoms with E-state index in [9.17, 15) is 10.2 Å². The molecule has 5 aliphatic carbocycles. The van der Waals surface area contributed by atoms with E-state index in [0.29, 0.717) is 18.8 Å². The van der Waals surface area contributed by atoms with Gasteiger partial charge < -0.3 is 14.9 Å². The fourth-order valence-electron chi connectivity index (χ4n) is 6.56. The van der Waals surface area contributed by atoms with Crippen molar-refractivity contribution in [2.75, 3.05) is 0 Å². The van der Waals surface area contributed by atoms with E-state index in [1.165, 1.54) is 12.0 Å². The molecule has 4 bridgehead atoms. The molecule has 0 aromatic heterocycles. The highest BCUT2D eigenvalue weighted by molar-refractivity contribution is 5.20. The molecule has 0 amide bonds. The highest BCUT2D eigenvalue weighted by atomic mass is 16.7. The Kier molecular flexibility index (Phi) is 3.78. The average Bonchev–Trinajstić information content (AvgIpc) is 2.60. The molecular weight excluding hydrogens is 312 g/mol. The van der Waals surface area contributed by atoms with E-state index in [1.54, 1.807) is 0 Å². The van der Waals surface area contributed by atoms with Crippen LogP contribution < -0.4 is 0 Å². The molecule has 5 aliphatic rings. The molecule has 25 heavy (non-hydrogen) atoms.